The molecule has 0 spiro atoms. The summed E-state index contributed by atoms with van der Waals surface area (Å²) in [7, 11) is -3.85. The minimum absolute atomic E-state index is 0.00913. The molecule has 0 radical (unpaired) electrons. The Bertz CT molecular complexity index is 1360. The number of allylic oxidation sites excluding steroid dienone is 2. The van der Waals surface area contributed by atoms with Crippen molar-refractivity contribution in [2.24, 2.45) is 0 Å². The maximum absolute atomic E-state index is 13.8. The van der Waals surface area contributed by atoms with Crippen LogP contribution in [0.1, 0.15) is 43.0 Å². The van der Waals surface area contributed by atoms with Crippen LogP contribution in [-0.2, 0) is 21.1 Å². The zero-order valence-corrected chi connectivity index (χ0v) is 22.3. The van der Waals surface area contributed by atoms with E-state index in [4.69, 9.17) is 5.41 Å². The standard InChI is InChI=1S/C23H23BrF5N5O3S/c1-38(36,37)22-32-10-16(24)20(34-22)18(8-12-6-13(25)9-14(26)7-12)33-19(35)11-31-17-5-3-2-4-15(17)21(30)23(27,28)29/h6-7,9-10,18,30-31H,2-5,8,11H2,1H3,(H,33,35)/t18-/m1/s1. The summed E-state index contributed by atoms with van der Waals surface area (Å²) in [5, 5.41) is 12.2. The SMILES string of the molecule is CS(=O)(=O)c1ncc(Br)c([C@@H](Cc2cc(F)cc(F)c2)NC(=O)CNC2=C(C(=N)C(F)(F)F)CCCC2)n1. The summed E-state index contributed by atoms with van der Waals surface area (Å²) in [6.45, 7) is -0.473. The van der Waals surface area contributed by atoms with E-state index >= 15 is 0 Å². The lowest BCUT2D eigenvalue weighted by Crippen LogP contribution is -2.39. The number of aromatic nitrogens is 2. The Kier molecular flexibility index (Phi) is 9.23. The first-order valence-corrected chi connectivity index (χ1v) is 13.9. The smallest absolute Gasteiger partial charge is 0.379 e. The van der Waals surface area contributed by atoms with Crippen LogP contribution in [0.3, 0.4) is 0 Å². The minimum Gasteiger partial charge on any atom is -0.379 e. The van der Waals surface area contributed by atoms with Crippen molar-refractivity contribution in [3.8, 4) is 0 Å². The predicted molar refractivity (Wildman–Crippen MR) is 131 cm³/mol. The van der Waals surface area contributed by atoms with Crippen LogP contribution in [0, 0.1) is 17.0 Å². The monoisotopic (exact) mass is 623 g/mol. The molecule has 38 heavy (non-hydrogen) atoms. The molecule has 8 nitrogen and oxygen atoms in total. The van der Waals surface area contributed by atoms with Gasteiger partial charge in [0.15, 0.2) is 0 Å². The average Bonchev–Trinajstić information content (AvgIpc) is 2.80. The molecule has 0 unspecified atom stereocenters. The quantitative estimate of drug-likeness (QED) is 0.217. The van der Waals surface area contributed by atoms with E-state index in [1.54, 1.807) is 0 Å². The van der Waals surface area contributed by atoms with Gasteiger partial charge in [-0.1, -0.05) is 0 Å². The fourth-order valence-electron chi connectivity index (χ4n) is 3.95. The lowest BCUT2D eigenvalue weighted by Gasteiger charge is -2.24. The van der Waals surface area contributed by atoms with Gasteiger partial charge in [0.05, 0.1) is 22.8 Å². The highest BCUT2D eigenvalue weighted by atomic mass is 79.9. The van der Waals surface area contributed by atoms with Gasteiger partial charge in [0.25, 0.3) is 0 Å². The number of nitrogens with one attached hydrogen (secondary N) is 3. The Morgan fingerprint density at radius 1 is 1.16 bits per heavy atom. The molecule has 0 aliphatic heterocycles. The summed E-state index contributed by atoms with van der Waals surface area (Å²) in [5.74, 6) is -2.45. The molecule has 206 valence electrons. The molecule has 1 aromatic heterocycles. The molecule has 15 heteroatoms. The minimum atomic E-state index is -4.83. The van der Waals surface area contributed by atoms with Crippen molar-refractivity contribution in [2.45, 2.75) is 49.5 Å². The van der Waals surface area contributed by atoms with Crippen LogP contribution in [0.4, 0.5) is 22.0 Å². The van der Waals surface area contributed by atoms with Gasteiger partial charge >= 0.3 is 6.18 Å². The molecule has 1 amide bonds. The third-order valence-corrected chi connectivity index (χ3v) is 7.09. The molecule has 3 rings (SSSR count). The van der Waals surface area contributed by atoms with E-state index in [2.05, 4.69) is 36.5 Å². The van der Waals surface area contributed by atoms with Crippen LogP contribution < -0.4 is 10.6 Å². The number of benzene rings is 1. The number of hydrogen-bond acceptors (Lipinski definition) is 7. The normalized spacial score (nSPS) is 15.2. The van der Waals surface area contributed by atoms with Gasteiger partial charge in [-0.3, -0.25) is 10.2 Å². The predicted octanol–water partition coefficient (Wildman–Crippen LogP) is 4.32. The zero-order chi connectivity index (χ0) is 28.3. The Morgan fingerprint density at radius 3 is 2.39 bits per heavy atom. The number of rotatable bonds is 9. The van der Waals surface area contributed by atoms with E-state index in [-0.39, 0.29) is 46.3 Å². The number of amides is 1. The number of alkyl halides is 3. The van der Waals surface area contributed by atoms with Gasteiger partial charge in [0.2, 0.25) is 20.9 Å². The summed E-state index contributed by atoms with van der Waals surface area (Å²) in [6, 6.07) is 1.64. The molecule has 1 aliphatic rings. The number of carbonyl (C=O) groups is 1. The molecule has 0 saturated heterocycles. The van der Waals surface area contributed by atoms with Crippen LogP contribution in [0.2, 0.25) is 0 Å². The van der Waals surface area contributed by atoms with Crippen LogP contribution >= 0.6 is 15.9 Å². The number of sulfone groups is 1. The number of hydrogen-bond donors (Lipinski definition) is 3. The van der Waals surface area contributed by atoms with Gasteiger partial charge in [0, 0.05) is 29.8 Å². The van der Waals surface area contributed by atoms with E-state index < -0.39 is 57.0 Å². The third-order valence-electron chi connectivity index (χ3n) is 5.62. The highest BCUT2D eigenvalue weighted by Crippen LogP contribution is 2.30. The summed E-state index contributed by atoms with van der Waals surface area (Å²) < 4.78 is 91.1. The topological polar surface area (TPSA) is 125 Å². The van der Waals surface area contributed by atoms with Crippen LogP contribution in [0.25, 0.3) is 0 Å². The Morgan fingerprint density at radius 2 is 1.79 bits per heavy atom. The largest absolute Gasteiger partial charge is 0.432 e. The first-order valence-electron chi connectivity index (χ1n) is 11.2. The average molecular weight is 624 g/mol. The summed E-state index contributed by atoms with van der Waals surface area (Å²) in [5.41, 5.74) is -1.40. The first-order chi connectivity index (χ1) is 17.6. The number of halogens is 6. The molecule has 1 aromatic carbocycles. The molecular weight excluding hydrogens is 601 g/mol. The molecule has 1 atom stereocenters. The maximum Gasteiger partial charge on any atom is 0.432 e. The van der Waals surface area contributed by atoms with E-state index in [0.717, 1.165) is 24.6 Å². The molecule has 0 bridgehead atoms. The lowest BCUT2D eigenvalue weighted by atomic mass is 9.92. The van der Waals surface area contributed by atoms with E-state index in [1.165, 1.54) is 0 Å². The highest BCUT2D eigenvalue weighted by molar-refractivity contribution is 9.10. The van der Waals surface area contributed by atoms with E-state index in [1.807, 2.05) is 0 Å². The molecular formula is C23H23BrF5N5O3S. The third kappa shape index (κ3) is 7.79. The summed E-state index contributed by atoms with van der Waals surface area (Å²) in [4.78, 5) is 20.6. The second-order valence-corrected chi connectivity index (χ2v) is 11.4. The Labute approximate surface area is 223 Å². The van der Waals surface area contributed by atoms with Crippen molar-refractivity contribution in [2.75, 3.05) is 12.8 Å². The van der Waals surface area contributed by atoms with Crippen molar-refractivity contribution >= 4 is 37.4 Å². The van der Waals surface area contributed by atoms with Gasteiger partial charge in [-0.25, -0.2) is 27.2 Å². The first kappa shape index (κ1) is 29.6. The van der Waals surface area contributed by atoms with Crippen molar-refractivity contribution in [1.82, 2.24) is 20.6 Å². The maximum atomic E-state index is 13.8. The van der Waals surface area contributed by atoms with Gasteiger partial charge in [-0.15, -0.1) is 0 Å². The van der Waals surface area contributed by atoms with Gasteiger partial charge in [0.1, 0.15) is 17.3 Å². The van der Waals surface area contributed by atoms with Crippen LogP contribution in [-0.4, -0.2) is 49.0 Å². The molecule has 0 fully saturated rings. The van der Waals surface area contributed by atoms with Crippen molar-refractivity contribution in [3.05, 3.63) is 63.0 Å². The fraction of sp³-hybridized carbons (Fsp3) is 0.391. The van der Waals surface area contributed by atoms with Crippen molar-refractivity contribution < 1.29 is 35.2 Å². The van der Waals surface area contributed by atoms with Crippen LogP contribution in [0.5, 0.6) is 0 Å². The zero-order valence-electron chi connectivity index (χ0n) is 19.9. The fourth-order valence-corrected chi connectivity index (χ4v) is 4.92. The van der Waals surface area contributed by atoms with Gasteiger partial charge in [-0.2, -0.15) is 13.2 Å². The highest BCUT2D eigenvalue weighted by Gasteiger charge is 2.38. The van der Waals surface area contributed by atoms with Gasteiger partial charge < -0.3 is 10.6 Å². The molecule has 2 aromatic rings. The number of carbonyl (C=O) groups excluding carboxylic acids is 1. The lowest BCUT2D eigenvalue weighted by molar-refractivity contribution is -0.120. The second kappa shape index (κ2) is 11.8. The van der Waals surface area contributed by atoms with E-state index in [9.17, 15) is 35.2 Å². The van der Waals surface area contributed by atoms with Crippen molar-refractivity contribution in [1.29, 1.82) is 5.41 Å². The van der Waals surface area contributed by atoms with Crippen LogP contribution in [0.15, 0.2) is 45.3 Å². The van der Waals surface area contributed by atoms with E-state index in [0.29, 0.717) is 18.9 Å². The summed E-state index contributed by atoms with van der Waals surface area (Å²) >= 11 is 3.20. The second-order valence-electron chi connectivity index (χ2n) is 8.65. The molecule has 3 N–H and O–H groups in total. The Hall–Kier alpha value is -2.94. The van der Waals surface area contributed by atoms with Crippen molar-refractivity contribution in [3.63, 3.8) is 0 Å². The van der Waals surface area contributed by atoms with Gasteiger partial charge in [-0.05, 0) is 65.7 Å². The molecule has 0 saturated carbocycles. The molecule has 1 heterocycles. The summed E-state index contributed by atoms with van der Waals surface area (Å²) in [6.07, 6.45) is -1.68. The molecule has 1 aliphatic carbocycles. The Balaban J connectivity index is 1.89. The number of nitrogens with zero attached hydrogens (tertiary/aromatic N) is 2.